The average molecular weight is 480 g/mol. The topological polar surface area (TPSA) is 75.7 Å². The third-order valence-electron chi connectivity index (χ3n) is 4.65. The highest BCUT2D eigenvalue weighted by Crippen LogP contribution is 2.29. The summed E-state index contributed by atoms with van der Waals surface area (Å²) >= 11 is 9.37. The lowest BCUT2D eigenvalue weighted by molar-refractivity contribution is -0.151. The Morgan fingerprint density at radius 3 is 2.72 bits per heavy atom. The summed E-state index contributed by atoms with van der Waals surface area (Å²) < 4.78 is 5.86. The molecule has 2 aromatic carbocycles. The Hall–Kier alpha value is -2.38. The molecule has 152 valence electrons. The Labute approximate surface area is 182 Å². The largest absolute Gasteiger partial charge is 0.455 e. The van der Waals surface area contributed by atoms with Crippen LogP contribution in [0.25, 0.3) is 0 Å². The van der Waals surface area contributed by atoms with E-state index in [1.807, 2.05) is 37.3 Å². The molecular weight excluding hydrogens is 460 g/mol. The predicted molar refractivity (Wildman–Crippen MR) is 113 cm³/mol. The standard InChI is InChI=1S/C21H20BrClN2O4/c1-13-7-16(22)17(23)9-18(13)24-19(26)12-29-21(28)15-8-20(27)25(11-15)10-14-5-3-2-4-6-14/h2-7,9,15H,8,10-12H2,1H3,(H,24,26)/t15-/m1/s1. The second-order valence-electron chi connectivity index (χ2n) is 6.90. The molecule has 1 saturated heterocycles. The summed E-state index contributed by atoms with van der Waals surface area (Å²) in [5.41, 5.74) is 2.36. The first kappa shape index (κ1) is 21.3. The van der Waals surface area contributed by atoms with E-state index >= 15 is 0 Å². The number of carbonyl (C=O) groups is 3. The first-order chi connectivity index (χ1) is 13.8. The molecule has 1 aliphatic rings. The van der Waals surface area contributed by atoms with Crippen LogP contribution in [0.1, 0.15) is 17.5 Å². The normalized spacial score (nSPS) is 16.0. The van der Waals surface area contributed by atoms with Gasteiger partial charge in [0.1, 0.15) is 0 Å². The molecule has 2 aromatic rings. The lowest BCUT2D eigenvalue weighted by Gasteiger charge is -2.16. The molecule has 0 spiro atoms. The number of carbonyl (C=O) groups excluding carboxylic acids is 3. The first-order valence-electron chi connectivity index (χ1n) is 9.07. The van der Waals surface area contributed by atoms with Crippen molar-refractivity contribution in [3.63, 3.8) is 0 Å². The molecule has 1 atom stereocenters. The number of hydrogen-bond acceptors (Lipinski definition) is 4. The van der Waals surface area contributed by atoms with Crippen LogP contribution in [0, 0.1) is 12.8 Å². The van der Waals surface area contributed by atoms with Gasteiger partial charge in [0.2, 0.25) is 5.91 Å². The molecule has 0 aromatic heterocycles. The van der Waals surface area contributed by atoms with Crippen LogP contribution in [0.3, 0.4) is 0 Å². The van der Waals surface area contributed by atoms with Crippen molar-refractivity contribution < 1.29 is 19.1 Å². The van der Waals surface area contributed by atoms with E-state index in [9.17, 15) is 14.4 Å². The molecular formula is C21H20BrClN2O4. The number of esters is 1. The van der Waals surface area contributed by atoms with Gasteiger partial charge in [-0.3, -0.25) is 14.4 Å². The number of aryl methyl sites for hydroxylation is 1. The number of nitrogens with zero attached hydrogens (tertiary/aromatic N) is 1. The molecule has 6 nitrogen and oxygen atoms in total. The molecule has 29 heavy (non-hydrogen) atoms. The van der Waals surface area contributed by atoms with Crippen molar-refractivity contribution in [2.75, 3.05) is 18.5 Å². The van der Waals surface area contributed by atoms with Gasteiger partial charge in [0.15, 0.2) is 6.61 Å². The Bertz CT molecular complexity index is 936. The zero-order valence-corrected chi connectivity index (χ0v) is 18.1. The van der Waals surface area contributed by atoms with Gasteiger partial charge in [-0.25, -0.2) is 0 Å². The summed E-state index contributed by atoms with van der Waals surface area (Å²) in [5, 5.41) is 3.14. The van der Waals surface area contributed by atoms with E-state index in [0.29, 0.717) is 17.3 Å². The SMILES string of the molecule is Cc1cc(Br)c(Cl)cc1NC(=O)COC(=O)[C@@H]1CC(=O)N(Cc2ccccc2)C1. The van der Waals surface area contributed by atoms with E-state index in [2.05, 4.69) is 21.2 Å². The van der Waals surface area contributed by atoms with Gasteiger partial charge >= 0.3 is 5.97 Å². The fourth-order valence-electron chi connectivity index (χ4n) is 3.11. The maximum absolute atomic E-state index is 12.3. The molecule has 0 aliphatic carbocycles. The number of anilines is 1. The maximum atomic E-state index is 12.3. The second-order valence-corrected chi connectivity index (χ2v) is 8.16. The third-order valence-corrected chi connectivity index (χ3v) is 5.85. The fourth-order valence-corrected chi connectivity index (χ4v) is 3.73. The number of nitrogens with one attached hydrogen (secondary N) is 1. The van der Waals surface area contributed by atoms with Crippen LogP contribution in [0.5, 0.6) is 0 Å². The van der Waals surface area contributed by atoms with E-state index in [4.69, 9.17) is 16.3 Å². The average Bonchev–Trinajstić information content (AvgIpc) is 3.05. The van der Waals surface area contributed by atoms with Crippen molar-refractivity contribution >= 4 is 51.0 Å². The molecule has 3 rings (SSSR count). The van der Waals surface area contributed by atoms with Crippen LogP contribution in [0.4, 0.5) is 5.69 Å². The van der Waals surface area contributed by atoms with Gasteiger partial charge in [-0.2, -0.15) is 0 Å². The number of rotatable bonds is 6. The van der Waals surface area contributed by atoms with Crippen molar-refractivity contribution in [3.8, 4) is 0 Å². The highest BCUT2D eigenvalue weighted by molar-refractivity contribution is 9.10. The molecule has 1 N–H and O–H groups in total. The molecule has 0 saturated carbocycles. The van der Waals surface area contributed by atoms with E-state index in [1.54, 1.807) is 17.0 Å². The summed E-state index contributed by atoms with van der Waals surface area (Å²) in [6.07, 6.45) is 0.0920. The van der Waals surface area contributed by atoms with Gasteiger partial charge in [-0.05, 0) is 46.1 Å². The van der Waals surface area contributed by atoms with Gasteiger partial charge in [0.25, 0.3) is 5.91 Å². The zero-order valence-electron chi connectivity index (χ0n) is 15.8. The van der Waals surface area contributed by atoms with Crippen molar-refractivity contribution in [1.82, 2.24) is 4.90 Å². The number of ether oxygens (including phenoxy) is 1. The van der Waals surface area contributed by atoms with Crippen LogP contribution in [-0.4, -0.2) is 35.8 Å². The first-order valence-corrected chi connectivity index (χ1v) is 10.2. The lowest BCUT2D eigenvalue weighted by Crippen LogP contribution is -2.28. The van der Waals surface area contributed by atoms with E-state index in [0.717, 1.165) is 15.6 Å². The molecule has 0 radical (unpaired) electrons. The number of likely N-dealkylation sites (tertiary alicyclic amines) is 1. The highest BCUT2D eigenvalue weighted by Gasteiger charge is 2.35. The predicted octanol–water partition coefficient (Wildman–Crippen LogP) is 3.94. The zero-order chi connectivity index (χ0) is 21.0. The van der Waals surface area contributed by atoms with Crippen LogP contribution in [-0.2, 0) is 25.7 Å². The Balaban J connectivity index is 1.50. The van der Waals surface area contributed by atoms with Gasteiger partial charge in [0.05, 0.1) is 10.9 Å². The van der Waals surface area contributed by atoms with Crippen molar-refractivity contribution in [3.05, 3.63) is 63.1 Å². The summed E-state index contributed by atoms with van der Waals surface area (Å²) in [6, 6.07) is 13.0. The third kappa shape index (κ3) is 5.58. The van der Waals surface area contributed by atoms with Crippen molar-refractivity contribution in [2.24, 2.45) is 5.92 Å². The number of amides is 2. The molecule has 0 unspecified atom stereocenters. The monoisotopic (exact) mass is 478 g/mol. The minimum absolute atomic E-state index is 0.0920. The molecule has 8 heteroatoms. The van der Waals surface area contributed by atoms with Gasteiger partial charge in [-0.15, -0.1) is 0 Å². The smallest absolute Gasteiger partial charge is 0.311 e. The van der Waals surface area contributed by atoms with Gasteiger partial charge in [-0.1, -0.05) is 41.9 Å². The van der Waals surface area contributed by atoms with E-state index in [1.165, 1.54) is 0 Å². The number of halogens is 2. The Kier molecular flexibility index (Phi) is 6.92. The van der Waals surface area contributed by atoms with Gasteiger partial charge < -0.3 is 15.0 Å². The van der Waals surface area contributed by atoms with Crippen LogP contribution < -0.4 is 5.32 Å². The van der Waals surface area contributed by atoms with Crippen molar-refractivity contribution in [2.45, 2.75) is 19.9 Å². The van der Waals surface area contributed by atoms with Crippen LogP contribution in [0.15, 0.2) is 46.9 Å². The highest BCUT2D eigenvalue weighted by atomic mass is 79.9. The molecule has 1 fully saturated rings. The van der Waals surface area contributed by atoms with E-state index in [-0.39, 0.29) is 18.9 Å². The van der Waals surface area contributed by atoms with Crippen LogP contribution in [0.2, 0.25) is 5.02 Å². The summed E-state index contributed by atoms with van der Waals surface area (Å²) in [6.45, 7) is 2.15. The summed E-state index contributed by atoms with van der Waals surface area (Å²) in [7, 11) is 0. The maximum Gasteiger partial charge on any atom is 0.311 e. The minimum Gasteiger partial charge on any atom is -0.455 e. The van der Waals surface area contributed by atoms with Gasteiger partial charge in [0, 0.05) is 29.7 Å². The lowest BCUT2D eigenvalue weighted by atomic mass is 10.1. The van der Waals surface area contributed by atoms with Crippen LogP contribution >= 0.6 is 27.5 Å². The Morgan fingerprint density at radius 1 is 1.28 bits per heavy atom. The molecule has 0 bridgehead atoms. The van der Waals surface area contributed by atoms with Crippen molar-refractivity contribution in [1.29, 1.82) is 0 Å². The minimum atomic E-state index is -0.567. The molecule has 1 heterocycles. The Morgan fingerprint density at radius 2 is 2.00 bits per heavy atom. The summed E-state index contributed by atoms with van der Waals surface area (Å²) in [4.78, 5) is 38.3. The molecule has 2 amide bonds. The summed E-state index contributed by atoms with van der Waals surface area (Å²) in [5.74, 6) is -1.68. The number of hydrogen-bond donors (Lipinski definition) is 1. The fraction of sp³-hybridized carbons (Fsp3) is 0.286. The second kappa shape index (κ2) is 9.41. The molecule has 1 aliphatic heterocycles. The quantitative estimate of drug-likeness (QED) is 0.637. The van der Waals surface area contributed by atoms with E-state index < -0.39 is 24.4 Å². The number of benzene rings is 2.